The highest BCUT2D eigenvalue weighted by Gasteiger charge is 2.20. The number of nitrogens with two attached hydrogens (primary N) is 1. The molecule has 0 fully saturated rings. The van der Waals surface area contributed by atoms with Crippen LogP contribution in [-0.2, 0) is 6.42 Å². The van der Waals surface area contributed by atoms with Crippen LogP contribution in [0.4, 0.5) is 11.5 Å². The van der Waals surface area contributed by atoms with Gasteiger partial charge in [0.15, 0.2) is 11.5 Å². The molecule has 2 heterocycles. The maximum absolute atomic E-state index is 11.9. The number of anilines is 2. The Hall–Kier alpha value is -3.43. The fourth-order valence-corrected chi connectivity index (χ4v) is 3.42. The summed E-state index contributed by atoms with van der Waals surface area (Å²) in [7, 11) is 0. The molecule has 0 radical (unpaired) electrons. The van der Waals surface area contributed by atoms with Crippen LogP contribution in [0, 0.1) is 0 Å². The van der Waals surface area contributed by atoms with Gasteiger partial charge in [0.2, 0.25) is 0 Å². The van der Waals surface area contributed by atoms with Gasteiger partial charge in [-0.15, -0.1) is 20.1 Å². The Bertz CT molecular complexity index is 1200. The molecule has 0 saturated heterocycles. The maximum Gasteiger partial charge on any atom is 0.273 e. The standard InChI is InChI=1S/C19H16Cl2N8O/c1-2-12-10-23-27-28(12)13-8-6-11(7-9-13)24-19-16(18(22)30)25-29(26-19)17-14(20)4-3-5-15(17)21/h3-10H,2H2,1H3,(H2,22,30)(H,24,26). The number of para-hydroxylation sites is 1. The van der Waals surface area contributed by atoms with Gasteiger partial charge >= 0.3 is 0 Å². The molecular weight excluding hydrogens is 427 g/mol. The molecule has 2 aromatic heterocycles. The van der Waals surface area contributed by atoms with Crippen molar-refractivity contribution in [3.05, 3.63) is 70.1 Å². The monoisotopic (exact) mass is 442 g/mol. The molecule has 0 spiro atoms. The smallest absolute Gasteiger partial charge is 0.273 e. The minimum absolute atomic E-state index is 0.0420. The summed E-state index contributed by atoms with van der Waals surface area (Å²) in [6, 6.07) is 12.4. The van der Waals surface area contributed by atoms with E-state index in [4.69, 9.17) is 28.9 Å². The highest BCUT2D eigenvalue weighted by Crippen LogP contribution is 2.29. The van der Waals surface area contributed by atoms with Gasteiger partial charge in [0.05, 0.1) is 27.6 Å². The van der Waals surface area contributed by atoms with E-state index in [1.807, 2.05) is 31.2 Å². The molecule has 4 aromatic rings. The normalized spacial score (nSPS) is 10.9. The minimum atomic E-state index is -0.737. The van der Waals surface area contributed by atoms with Crippen LogP contribution in [0.1, 0.15) is 23.1 Å². The molecule has 11 heteroatoms. The Kier molecular flexibility index (Phi) is 5.39. The van der Waals surface area contributed by atoms with E-state index in [-0.39, 0.29) is 11.5 Å². The van der Waals surface area contributed by atoms with Gasteiger partial charge < -0.3 is 11.1 Å². The number of aryl methyl sites for hydroxylation is 1. The van der Waals surface area contributed by atoms with Crippen LogP contribution < -0.4 is 11.1 Å². The number of hydrogen-bond acceptors (Lipinski definition) is 6. The SMILES string of the molecule is CCc1cnnn1-c1ccc(Nc2nn(-c3c(Cl)cccc3Cl)nc2C(N)=O)cc1. The summed E-state index contributed by atoms with van der Waals surface area (Å²) in [5.41, 5.74) is 8.31. The molecule has 0 aliphatic heterocycles. The second-order valence-electron chi connectivity index (χ2n) is 6.28. The highest BCUT2D eigenvalue weighted by atomic mass is 35.5. The number of primary amides is 1. The Balaban J connectivity index is 1.66. The van der Waals surface area contributed by atoms with Crippen molar-refractivity contribution < 1.29 is 4.79 Å². The number of halogens is 2. The summed E-state index contributed by atoms with van der Waals surface area (Å²) in [6.45, 7) is 2.03. The molecule has 0 bridgehead atoms. The maximum atomic E-state index is 11.9. The van der Waals surface area contributed by atoms with Crippen molar-refractivity contribution in [1.29, 1.82) is 0 Å². The Morgan fingerprint density at radius 2 is 1.80 bits per heavy atom. The van der Waals surface area contributed by atoms with Crippen molar-refractivity contribution in [2.45, 2.75) is 13.3 Å². The van der Waals surface area contributed by atoms with Crippen LogP contribution in [-0.4, -0.2) is 35.9 Å². The molecule has 4 rings (SSSR count). The first-order valence-electron chi connectivity index (χ1n) is 8.96. The van der Waals surface area contributed by atoms with Crippen LogP contribution in [0.3, 0.4) is 0 Å². The van der Waals surface area contributed by atoms with Gasteiger partial charge in [-0.05, 0) is 42.8 Å². The first-order valence-corrected chi connectivity index (χ1v) is 9.72. The van der Waals surface area contributed by atoms with E-state index >= 15 is 0 Å². The lowest BCUT2D eigenvalue weighted by molar-refractivity contribution is 0.0996. The van der Waals surface area contributed by atoms with Gasteiger partial charge in [0, 0.05) is 5.69 Å². The summed E-state index contributed by atoms with van der Waals surface area (Å²) in [4.78, 5) is 13.1. The van der Waals surface area contributed by atoms with Crippen molar-refractivity contribution in [2.75, 3.05) is 5.32 Å². The number of nitrogens with one attached hydrogen (secondary N) is 1. The molecule has 2 aromatic carbocycles. The van der Waals surface area contributed by atoms with E-state index in [2.05, 4.69) is 25.8 Å². The molecule has 30 heavy (non-hydrogen) atoms. The van der Waals surface area contributed by atoms with Gasteiger partial charge in [0.25, 0.3) is 5.91 Å². The average Bonchev–Trinajstić information content (AvgIpc) is 3.36. The fraction of sp³-hybridized carbons (Fsp3) is 0.105. The van der Waals surface area contributed by atoms with E-state index in [1.165, 1.54) is 4.80 Å². The number of hydrogen-bond donors (Lipinski definition) is 2. The Labute approximate surface area is 181 Å². The van der Waals surface area contributed by atoms with Crippen LogP contribution in [0.2, 0.25) is 10.0 Å². The lowest BCUT2D eigenvalue weighted by atomic mass is 10.2. The van der Waals surface area contributed by atoms with E-state index in [9.17, 15) is 4.79 Å². The summed E-state index contributed by atoms with van der Waals surface area (Å²) < 4.78 is 1.76. The summed E-state index contributed by atoms with van der Waals surface area (Å²) in [6.07, 6.45) is 2.53. The second kappa shape index (κ2) is 8.13. The second-order valence-corrected chi connectivity index (χ2v) is 7.10. The molecular formula is C19H16Cl2N8O. The zero-order valence-corrected chi connectivity index (χ0v) is 17.3. The van der Waals surface area contributed by atoms with E-state index in [0.717, 1.165) is 17.8 Å². The Morgan fingerprint density at radius 3 is 2.43 bits per heavy atom. The molecule has 9 nitrogen and oxygen atoms in total. The van der Waals surface area contributed by atoms with Crippen LogP contribution >= 0.6 is 23.2 Å². The molecule has 0 aliphatic carbocycles. The summed E-state index contributed by atoms with van der Waals surface area (Å²) in [5, 5.41) is 20.2. The van der Waals surface area contributed by atoms with Gasteiger partial charge in [-0.2, -0.15) is 0 Å². The lowest BCUT2D eigenvalue weighted by Crippen LogP contribution is -2.14. The van der Waals surface area contributed by atoms with Crippen LogP contribution in [0.15, 0.2) is 48.7 Å². The fourth-order valence-electron chi connectivity index (χ4n) is 2.87. The van der Waals surface area contributed by atoms with Gasteiger partial charge in [0.1, 0.15) is 5.69 Å². The zero-order chi connectivity index (χ0) is 21.3. The zero-order valence-electron chi connectivity index (χ0n) is 15.8. The minimum Gasteiger partial charge on any atom is -0.364 e. The number of aromatic nitrogens is 6. The average molecular weight is 443 g/mol. The summed E-state index contributed by atoms with van der Waals surface area (Å²) >= 11 is 12.4. The number of nitrogens with zero attached hydrogens (tertiary/aromatic N) is 6. The van der Waals surface area contributed by atoms with Crippen molar-refractivity contribution in [3.63, 3.8) is 0 Å². The van der Waals surface area contributed by atoms with Crippen molar-refractivity contribution >= 4 is 40.6 Å². The van der Waals surface area contributed by atoms with Gasteiger partial charge in [-0.1, -0.05) is 41.4 Å². The predicted octanol–water partition coefficient (Wildman–Crippen LogP) is 3.56. The molecule has 0 unspecified atom stereocenters. The van der Waals surface area contributed by atoms with Crippen LogP contribution in [0.5, 0.6) is 0 Å². The molecule has 0 saturated carbocycles. The third kappa shape index (κ3) is 3.72. The molecule has 0 aliphatic rings. The van der Waals surface area contributed by atoms with Crippen LogP contribution in [0.25, 0.3) is 11.4 Å². The third-order valence-electron chi connectivity index (χ3n) is 4.34. The van der Waals surface area contributed by atoms with E-state index in [1.54, 1.807) is 29.1 Å². The lowest BCUT2D eigenvalue weighted by Gasteiger charge is -2.07. The Morgan fingerprint density at radius 1 is 1.10 bits per heavy atom. The van der Waals surface area contributed by atoms with Gasteiger partial charge in [-0.25, -0.2) is 4.68 Å². The predicted molar refractivity (Wildman–Crippen MR) is 114 cm³/mol. The number of benzene rings is 2. The molecule has 0 atom stereocenters. The molecule has 152 valence electrons. The summed E-state index contributed by atoms with van der Waals surface area (Å²) in [5.74, 6) is -0.556. The van der Waals surface area contributed by atoms with Gasteiger partial charge in [-0.3, -0.25) is 4.79 Å². The van der Waals surface area contributed by atoms with Crippen molar-refractivity contribution in [1.82, 2.24) is 30.0 Å². The topological polar surface area (TPSA) is 117 Å². The van der Waals surface area contributed by atoms with E-state index in [0.29, 0.717) is 21.4 Å². The largest absolute Gasteiger partial charge is 0.364 e. The highest BCUT2D eigenvalue weighted by molar-refractivity contribution is 6.37. The van der Waals surface area contributed by atoms with Crippen molar-refractivity contribution in [3.8, 4) is 11.4 Å². The first-order chi connectivity index (χ1) is 14.5. The molecule has 3 N–H and O–H groups in total. The van der Waals surface area contributed by atoms with E-state index < -0.39 is 5.91 Å². The quantitative estimate of drug-likeness (QED) is 0.471. The van der Waals surface area contributed by atoms with Crippen molar-refractivity contribution in [2.24, 2.45) is 5.73 Å². The first kappa shape index (κ1) is 19.9. The number of carbonyl (C=O) groups excluding carboxylic acids is 1. The molecule has 1 amide bonds. The number of rotatable bonds is 6. The number of amides is 1. The third-order valence-corrected chi connectivity index (χ3v) is 4.95. The number of carbonyl (C=O) groups is 1.